The fourth-order valence-corrected chi connectivity index (χ4v) is 6.66. The summed E-state index contributed by atoms with van der Waals surface area (Å²) in [6.07, 6.45) is 31.7. The summed E-state index contributed by atoms with van der Waals surface area (Å²) in [5.74, 6) is -1.03. The Kier molecular flexibility index (Phi) is 35.6. The second-order valence-electron chi connectivity index (χ2n) is 14.0. The molecule has 0 aromatic carbocycles. The molecule has 0 amide bonds. The molecule has 0 saturated heterocycles. The Morgan fingerprint density at radius 2 is 0.700 bits per heavy atom. The van der Waals surface area contributed by atoms with Gasteiger partial charge in [-0.3, -0.25) is 18.6 Å². The van der Waals surface area contributed by atoms with Crippen molar-refractivity contribution < 1.29 is 47.8 Å². The van der Waals surface area contributed by atoms with Crippen LogP contribution in [-0.2, 0) is 32.7 Å². The molecule has 3 N–H and O–H groups in total. The zero-order chi connectivity index (χ0) is 37.0. The Morgan fingerprint density at radius 1 is 0.460 bits per heavy atom. The van der Waals surface area contributed by atoms with Gasteiger partial charge in [-0.15, -0.1) is 0 Å². The van der Waals surface area contributed by atoms with Crippen molar-refractivity contribution in [2.75, 3.05) is 26.4 Å². The van der Waals surface area contributed by atoms with Crippen molar-refractivity contribution >= 4 is 19.8 Å². The van der Waals surface area contributed by atoms with Gasteiger partial charge in [0.05, 0.1) is 26.4 Å². The number of aliphatic hydroxyl groups is 2. The highest BCUT2D eigenvalue weighted by Gasteiger charge is 2.27. The lowest BCUT2D eigenvalue weighted by molar-refractivity contribution is -0.153. The summed E-state index contributed by atoms with van der Waals surface area (Å²) in [4.78, 5) is 34.0. The minimum atomic E-state index is -4.61. The van der Waals surface area contributed by atoms with Gasteiger partial charge >= 0.3 is 19.8 Å². The molecule has 0 aromatic rings. The molecular formula is C39H77O10P. The number of carbonyl (C=O) groups excluding carboxylic acids is 2. The van der Waals surface area contributed by atoms with Crippen LogP contribution in [0.15, 0.2) is 0 Å². The van der Waals surface area contributed by atoms with E-state index in [9.17, 15) is 29.3 Å². The number of unbranched alkanes of at least 4 members (excludes halogenated alkanes) is 25. The molecule has 0 radical (unpaired) electrons. The number of phosphoric acid groups is 1. The maximum Gasteiger partial charge on any atom is 0.472 e. The topological polar surface area (TPSA) is 149 Å². The summed E-state index contributed by atoms with van der Waals surface area (Å²) in [5.41, 5.74) is 0. The number of carbonyl (C=O) groups is 2. The van der Waals surface area contributed by atoms with Crippen LogP contribution >= 0.6 is 7.82 Å². The van der Waals surface area contributed by atoms with Crippen LogP contribution in [0.1, 0.15) is 200 Å². The van der Waals surface area contributed by atoms with Crippen LogP contribution < -0.4 is 0 Å². The lowest BCUT2D eigenvalue weighted by atomic mass is 10.0. The lowest BCUT2D eigenvalue weighted by Crippen LogP contribution is -2.28. The number of phosphoric ester groups is 1. The van der Waals surface area contributed by atoms with E-state index in [1.54, 1.807) is 0 Å². The van der Waals surface area contributed by atoms with Gasteiger partial charge in [0.1, 0.15) is 12.2 Å². The minimum Gasteiger partial charge on any atom is -0.457 e. The van der Waals surface area contributed by atoms with Crippen molar-refractivity contribution in [3.05, 3.63) is 0 Å². The van der Waals surface area contributed by atoms with Gasteiger partial charge in [-0.2, -0.15) is 0 Å². The van der Waals surface area contributed by atoms with Gasteiger partial charge < -0.3 is 24.6 Å². The largest absolute Gasteiger partial charge is 0.472 e. The van der Waals surface area contributed by atoms with E-state index in [0.717, 1.165) is 38.5 Å². The summed E-state index contributed by atoms with van der Waals surface area (Å²) in [5, 5.41) is 18.9. The van der Waals surface area contributed by atoms with Gasteiger partial charge in [0.2, 0.25) is 0 Å². The first kappa shape index (κ1) is 49.0. The number of ether oxygens (including phenoxy) is 2. The van der Waals surface area contributed by atoms with E-state index in [-0.39, 0.29) is 12.8 Å². The fraction of sp³-hybridized carbons (Fsp3) is 0.949. The molecule has 0 saturated carbocycles. The summed E-state index contributed by atoms with van der Waals surface area (Å²) in [6, 6.07) is 0. The van der Waals surface area contributed by atoms with Crippen molar-refractivity contribution in [1.82, 2.24) is 0 Å². The molecule has 0 aliphatic carbocycles. The molecule has 0 spiro atoms. The molecule has 0 heterocycles. The standard InChI is InChI=1S/C39H77O10P/c1-3-5-7-9-10-11-12-13-14-15-16-17-18-19-20-21-22-23-24-25-26-27-29-31-39(43)49-37(33-41)35-47-50(44,45)46-34-36(32-40)48-38(42)30-28-8-6-4-2/h36-37,40-41H,3-35H2,1-2H3,(H,44,45). The third kappa shape index (κ3) is 34.1. The van der Waals surface area contributed by atoms with Crippen molar-refractivity contribution in [3.63, 3.8) is 0 Å². The molecule has 11 heteroatoms. The van der Waals surface area contributed by atoms with Crippen LogP contribution in [0.25, 0.3) is 0 Å². The van der Waals surface area contributed by atoms with Crippen molar-refractivity contribution in [2.45, 2.75) is 212 Å². The van der Waals surface area contributed by atoms with Crippen molar-refractivity contribution in [1.29, 1.82) is 0 Å². The molecule has 0 aliphatic heterocycles. The normalized spacial score (nSPS) is 13.9. The molecule has 0 bridgehead atoms. The van der Waals surface area contributed by atoms with Crippen molar-refractivity contribution in [3.8, 4) is 0 Å². The second-order valence-corrected chi connectivity index (χ2v) is 15.4. The number of esters is 2. The zero-order valence-electron chi connectivity index (χ0n) is 32.1. The van der Waals surface area contributed by atoms with Crippen LogP contribution in [0.3, 0.4) is 0 Å². The Morgan fingerprint density at radius 3 is 0.960 bits per heavy atom. The maximum absolute atomic E-state index is 12.2. The lowest BCUT2D eigenvalue weighted by Gasteiger charge is -2.20. The van der Waals surface area contributed by atoms with Crippen LogP contribution in [0.5, 0.6) is 0 Å². The van der Waals surface area contributed by atoms with E-state index in [1.807, 2.05) is 0 Å². The Balaban J connectivity index is 3.71. The van der Waals surface area contributed by atoms with E-state index in [0.29, 0.717) is 12.8 Å². The van der Waals surface area contributed by atoms with E-state index in [4.69, 9.17) is 18.5 Å². The summed E-state index contributed by atoms with van der Waals surface area (Å²) >= 11 is 0. The highest BCUT2D eigenvalue weighted by atomic mass is 31.2. The SMILES string of the molecule is CCCCCCCCCCCCCCCCCCCCCCCCCC(=O)OC(CO)COP(=O)(O)OCC(CO)OC(=O)CCCCCC. The first-order valence-electron chi connectivity index (χ1n) is 20.5. The third-order valence-corrected chi connectivity index (χ3v) is 10.0. The van der Waals surface area contributed by atoms with Gasteiger partial charge in [0.15, 0.2) is 0 Å². The summed E-state index contributed by atoms with van der Waals surface area (Å²) in [7, 11) is -4.61. The first-order valence-corrected chi connectivity index (χ1v) is 22.0. The van der Waals surface area contributed by atoms with Gasteiger partial charge in [0.25, 0.3) is 0 Å². The van der Waals surface area contributed by atoms with Crippen LogP contribution in [0.2, 0.25) is 0 Å². The summed E-state index contributed by atoms with van der Waals surface area (Å²) < 4.78 is 32.2. The van der Waals surface area contributed by atoms with Crippen LogP contribution in [-0.4, -0.2) is 65.7 Å². The van der Waals surface area contributed by atoms with E-state index < -0.39 is 58.4 Å². The molecule has 0 rings (SSSR count). The highest BCUT2D eigenvalue weighted by molar-refractivity contribution is 7.47. The predicted molar refractivity (Wildman–Crippen MR) is 201 cm³/mol. The molecule has 3 unspecified atom stereocenters. The Labute approximate surface area is 305 Å². The monoisotopic (exact) mass is 737 g/mol. The number of hydrogen-bond acceptors (Lipinski definition) is 9. The Bertz CT molecular complexity index is 812. The number of aliphatic hydroxyl groups excluding tert-OH is 2. The zero-order valence-corrected chi connectivity index (χ0v) is 33.0. The highest BCUT2D eigenvalue weighted by Crippen LogP contribution is 2.43. The molecule has 298 valence electrons. The van der Waals surface area contributed by atoms with Gasteiger partial charge in [0, 0.05) is 12.8 Å². The molecule has 0 aliphatic rings. The van der Waals surface area contributed by atoms with Crippen LogP contribution in [0.4, 0.5) is 0 Å². The number of rotatable bonds is 39. The van der Waals surface area contributed by atoms with Gasteiger partial charge in [-0.05, 0) is 12.8 Å². The molecule has 50 heavy (non-hydrogen) atoms. The number of hydrogen-bond donors (Lipinski definition) is 3. The van der Waals surface area contributed by atoms with E-state index in [1.165, 1.54) is 122 Å². The fourth-order valence-electron chi connectivity index (χ4n) is 5.88. The third-order valence-electron chi connectivity index (χ3n) is 9.07. The smallest absolute Gasteiger partial charge is 0.457 e. The summed E-state index contributed by atoms with van der Waals surface area (Å²) in [6.45, 7) is 2.07. The van der Waals surface area contributed by atoms with Crippen LogP contribution in [0, 0.1) is 0 Å². The van der Waals surface area contributed by atoms with E-state index in [2.05, 4.69) is 13.8 Å². The average molecular weight is 737 g/mol. The van der Waals surface area contributed by atoms with E-state index >= 15 is 0 Å². The second kappa shape index (κ2) is 36.3. The van der Waals surface area contributed by atoms with Crippen molar-refractivity contribution in [2.24, 2.45) is 0 Å². The Hall–Kier alpha value is -1.03. The van der Waals surface area contributed by atoms with Gasteiger partial charge in [-0.25, -0.2) is 4.57 Å². The molecule has 0 aromatic heterocycles. The van der Waals surface area contributed by atoms with Gasteiger partial charge in [-0.1, -0.05) is 174 Å². The molecule has 0 fully saturated rings. The minimum absolute atomic E-state index is 0.187. The quantitative estimate of drug-likeness (QED) is 0.0316. The predicted octanol–water partition coefficient (Wildman–Crippen LogP) is 10.3. The first-order chi connectivity index (χ1) is 24.3. The average Bonchev–Trinajstić information content (AvgIpc) is 3.10. The molecule has 3 atom stereocenters. The molecular weight excluding hydrogens is 659 g/mol. The molecule has 10 nitrogen and oxygen atoms in total. The maximum atomic E-state index is 12.2.